The SMILES string of the molecule is C=CCCC(C)(O)c1ccccc1OC(C)C. The first-order chi connectivity index (χ1) is 7.97. The fourth-order valence-corrected chi connectivity index (χ4v) is 1.79. The zero-order valence-corrected chi connectivity index (χ0v) is 10.9. The second-order valence-electron chi connectivity index (χ2n) is 4.76. The lowest BCUT2D eigenvalue weighted by Crippen LogP contribution is -2.22. The Balaban J connectivity index is 2.98. The minimum Gasteiger partial charge on any atom is -0.491 e. The average molecular weight is 234 g/mol. The molecule has 94 valence electrons. The molecule has 2 heteroatoms. The van der Waals surface area contributed by atoms with Crippen molar-refractivity contribution in [3.8, 4) is 5.75 Å². The molecule has 0 saturated heterocycles. The van der Waals surface area contributed by atoms with E-state index < -0.39 is 5.60 Å². The Labute approximate surface area is 104 Å². The lowest BCUT2D eigenvalue weighted by Gasteiger charge is -2.26. The van der Waals surface area contributed by atoms with Gasteiger partial charge in [-0.15, -0.1) is 6.58 Å². The summed E-state index contributed by atoms with van der Waals surface area (Å²) in [6.07, 6.45) is 3.35. The Morgan fingerprint density at radius 2 is 2.06 bits per heavy atom. The minimum absolute atomic E-state index is 0.103. The fraction of sp³-hybridized carbons (Fsp3) is 0.467. The molecule has 0 aliphatic carbocycles. The van der Waals surface area contributed by atoms with Gasteiger partial charge in [0.25, 0.3) is 0 Å². The fourth-order valence-electron chi connectivity index (χ4n) is 1.79. The van der Waals surface area contributed by atoms with E-state index in [9.17, 15) is 5.11 Å². The standard InChI is InChI=1S/C15H22O2/c1-5-6-11-15(4,16)13-9-7-8-10-14(13)17-12(2)3/h5,7-10,12,16H,1,6,11H2,2-4H3. The quantitative estimate of drug-likeness (QED) is 0.761. The van der Waals surface area contributed by atoms with E-state index in [0.29, 0.717) is 6.42 Å². The predicted molar refractivity (Wildman–Crippen MR) is 71.2 cm³/mol. The Bertz CT molecular complexity index is 367. The maximum atomic E-state index is 10.5. The van der Waals surface area contributed by atoms with Crippen molar-refractivity contribution in [3.05, 3.63) is 42.5 Å². The number of para-hydroxylation sites is 1. The summed E-state index contributed by atoms with van der Waals surface area (Å²) in [4.78, 5) is 0. The van der Waals surface area contributed by atoms with Crippen LogP contribution < -0.4 is 4.74 Å². The highest BCUT2D eigenvalue weighted by molar-refractivity contribution is 5.37. The second kappa shape index (κ2) is 5.87. The van der Waals surface area contributed by atoms with Crippen LogP contribution in [0.2, 0.25) is 0 Å². The molecule has 17 heavy (non-hydrogen) atoms. The molecule has 1 atom stereocenters. The Morgan fingerprint density at radius 1 is 1.41 bits per heavy atom. The molecule has 1 unspecified atom stereocenters. The van der Waals surface area contributed by atoms with Crippen LogP contribution in [0.4, 0.5) is 0 Å². The summed E-state index contributed by atoms with van der Waals surface area (Å²) < 4.78 is 5.73. The molecule has 1 rings (SSSR count). The molecular formula is C15H22O2. The van der Waals surface area contributed by atoms with Gasteiger partial charge in [-0.3, -0.25) is 0 Å². The number of hydrogen-bond acceptors (Lipinski definition) is 2. The van der Waals surface area contributed by atoms with Crippen molar-refractivity contribution in [3.63, 3.8) is 0 Å². The Hall–Kier alpha value is -1.28. The van der Waals surface area contributed by atoms with Gasteiger partial charge in [0.05, 0.1) is 11.7 Å². The molecule has 0 heterocycles. The number of allylic oxidation sites excluding steroid dienone is 1. The first-order valence-electron chi connectivity index (χ1n) is 6.07. The molecule has 1 aromatic carbocycles. The molecule has 0 aliphatic rings. The number of ether oxygens (including phenoxy) is 1. The van der Waals surface area contributed by atoms with Crippen LogP contribution >= 0.6 is 0 Å². The van der Waals surface area contributed by atoms with Gasteiger partial charge >= 0.3 is 0 Å². The zero-order valence-electron chi connectivity index (χ0n) is 10.9. The van der Waals surface area contributed by atoms with E-state index in [1.807, 2.05) is 51.1 Å². The minimum atomic E-state index is -0.875. The number of aliphatic hydroxyl groups is 1. The Morgan fingerprint density at radius 3 is 2.65 bits per heavy atom. The van der Waals surface area contributed by atoms with Crippen molar-refractivity contribution < 1.29 is 9.84 Å². The average Bonchev–Trinajstić information content (AvgIpc) is 2.26. The molecule has 0 aromatic heterocycles. The van der Waals surface area contributed by atoms with Crippen LogP contribution in [0.3, 0.4) is 0 Å². The molecule has 1 aromatic rings. The largest absolute Gasteiger partial charge is 0.491 e. The number of benzene rings is 1. The van der Waals surface area contributed by atoms with Gasteiger partial charge in [-0.1, -0.05) is 24.3 Å². The molecule has 0 fully saturated rings. The maximum absolute atomic E-state index is 10.5. The van der Waals surface area contributed by atoms with Crippen molar-refractivity contribution in [1.82, 2.24) is 0 Å². The van der Waals surface area contributed by atoms with Crippen LogP contribution in [0, 0.1) is 0 Å². The van der Waals surface area contributed by atoms with Crippen LogP contribution in [0.1, 0.15) is 39.2 Å². The van der Waals surface area contributed by atoms with Gasteiger partial charge in [-0.2, -0.15) is 0 Å². The van der Waals surface area contributed by atoms with Crippen molar-refractivity contribution >= 4 is 0 Å². The molecule has 0 aliphatic heterocycles. The van der Waals surface area contributed by atoms with Gasteiger partial charge in [-0.25, -0.2) is 0 Å². The lowest BCUT2D eigenvalue weighted by atomic mass is 9.90. The summed E-state index contributed by atoms with van der Waals surface area (Å²) in [6.45, 7) is 9.47. The first-order valence-corrected chi connectivity index (χ1v) is 6.07. The third kappa shape index (κ3) is 3.90. The molecule has 0 amide bonds. The molecule has 0 bridgehead atoms. The van der Waals surface area contributed by atoms with Crippen LogP contribution in [0.25, 0.3) is 0 Å². The van der Waals surface area contributed by atoms with E-state index in [2.05, 4.69) is 6.58 Å². The molecule has 1 N–H and O–H groups in total. The third-order valence-electron chi connectivity index (χ3n) is 2.67. The molecule has 2 nitrogen and oxygen atoms in total. The van der Waals surface area contributed by atoms with Crippen molar-refractivity contribution in [2.75, 3.05) is 0 Å². The van der Waals surface area contributed by atoms with E-state index >= 15 is 0 Å². The number of hydrogen-bond donors (Lipinski definition) is 1. The maximum Gasteiger partial charge on any atom is 0.125 e. The summed E-state index contributed by atoms with van der Waals surface area (Å²) >= 11 is 0. The smallest absolute Gasteiger partial charge is 0.125 e. The van der Waals surface area contributed by atoms with Crippen molar-refractivity contribution in [2.24, 2.45) is 0 Å². The van der Waals surface area contributed by atoms with Crippen LogP contribution in [0.5, 0.6) is 5.75 Å². The highest BCUT2D eigenvalue weighted by Gasteiger charge is 2.25. The van der Waals surface area contributed by atoms with Crippen LogP contribution in [-0.2, 0) is 5.60 Å². The third-order valence-corrected chi connectivity index (χ3v) is 2.67. The lowest BCUT2D eigenvalue weighted by molar-refractivity contribution is 0.0445. The van der Waals surface area contributed by atoms with Crippen molar-refractivity contribution in [1.29, 1.82) is 0 Å². The summed E-state index contributed by atoms with van der Waals surface area (Å²) in [5, 5.41) is 10.5. The van der Waals surface area contributed by atoms with E-state index in [4.69, 9.17) is 4.74 Å². The number of rotatable bonds is 6. The van der Waals surface area contributed by atoms with Gasteiger partial charge in [0.15, 0.2) is 0 Å². The molecule has 0 radical (unpaired) electrons. The highest BCUT2D eigenvalue weighted by atomic mass is 16.5. The molecule has 0 spiro atoms. The topological polar surface area (TPSA) is 29.5 Å². The van der Waals surface area contributed by atoms with E-state index in [1.54, 1.807) is 0 Å². The molecular weight excluding hydrogens is 212 g/mol. The van der Waals surface area contributed by atoms with Gasteiger partial charge in [0, 0.05) is 5.56 Å². The van der Waals surface area contributed by atoms with Gasteiger partial charge in [0.1, 0.15) is 5.75 Å². The summed E-state index contributed by atoms with van der Waals surface area (Å²) in [7, 11) is 0. The normalized spacial score (nSPS) is 14.4. The zero-order chi connectivity index (χ0) is 12.9. The van der Waals surface area contributed by atoms with Gasteiger partial charge in [0.2, 0.25) is 0 Å². The Kier molecular flexibility index (Phi) is 4.76. The van der Waals surface area contributed by atoms with E-state index in [1.165, 1.54) is 0 Å². The van der Waals surface area contributed by atoms with E-state index in [0.717, 1.165) is 17.7 Å². The molecule has 0 saturated carbocycles. The summed E-state index contributed by atoms with van der Waals surface area (Å²) in [6, 6.07) is 7.66. The predicted octanol–water partition coefficient (Wildman–Crippen LogP) is 3.65. The van der Waals surface area contributed by atoms with Crippen LogP contribution in [0.15, 0.2) is 36.9 Å². The summed E-state index contributed by atoms with van der Waals surface area (Å²) in [5.74, 6) is 0.761. The van der Waals surface area contributed by atoms with E-state index in [-0.39, 0.29) is 6.10 Å². The first kappa shape index (κ1) is 13.8. The second-order valence-corrected chi connectivity index (χ2v) is 4.76. The van der Waals surface area contributed by atoms with Crippen LogP contribution in [-0.4, -0.2) is 11.2 Å². The summed E-state index contributed by atoms with van der Waals surface area (Å²) in [5.41, 5.74) is -0.0322. The monoisotopic (exact) mass is 234 g/mol. The van der Waals surface area contributed by atoms with Gasteiger partial charge in [-0.05, 0) is 39.7 Å². The highest BCUT2D eigenvalue weighted by Crippen LogP contribution is 2.33. The van der Waals surface area contributed by atoms with Crippen molar-refractivity contribution in [2.45, 2.75) is 45.3 Å². The van der Waals surface area contributed by atoms with Gasteiger partial charge < -0.3 is 9.84 Å².